The maximum absolute atomic E-state index is 13.3. The Labute approximate surface area is 212 Å². The summed E-state index contributed by atoms with van der Waals surface area (Å²) in [5.41, 5.74) is 3.09. The molecule has 2 aromatic rings. The van der Waals surface area contributed by atoms with Crippen molar-refractivity contribution < 1.29 is 13.6 Å². The van der Waals surface area contributed by atoms with E-state index >= 15 is 0 Å². The molecule has 3 heterocycles. The summed E-state index contributed by atoms with van der Waals surface area (Å²) >= 11 is 2.29. The van der Waals surface area contributed by atoms with E-state index in [2.05, 4.69) is 48.8 Å². The van der Waals surface area contributed by atoms with Gasteiger partial charge in [0.25, 0.3) is 12.0 Å². The van der Waals surface area contributed by atoms with E-state index in [1.165, 1.54) is 25.7 Å². The minimum atomic E-state index is -1.58. The van der Waals surface area contributed by atoms with Gasteiger partial charge in [0, 0.05) is 41.5 Å². The summed E-state index contributed by atoms with van der Waals surface area (Å²) in [4.78, 5) is 26.6. The Morgan fingerprint density at radius 3 is 2.35 bits per heavy atom. The van der Waals surface area contributed by atoms with Crippen molar-refractivity contribution in [3.8, 4) is 0 Å². The average Bonchev–Trinajstić information content (AvgIpc) is 3.57. The molecule has 9 heteroatoms. The van der Waals surface area contributed by atoms with Gasteiger partial charge in [0.05, 0.1) is 11.3 Å². The van der Waals surface area contributed by atoms with E-state index in [0.29, 0.717) is 54.4 Å². The van der Waals surface area contributed by atoms with Crippen LogP contribution in [0.25, 0.3) is 0 Å². The van der Waals surface area contributed by atoms with Crippen molar-refractivity contribution in [3.63, 3.8) is 0 Å². The topological polar surface area (TPSA) is 61.4 Å². The number of amides is 1. The Bertz CT molecular complexity index is 1130. The fraction of sp³-hybridized carbons (Fsp3) is 0.480. The summed E-state index contributed by atoms with van der Waals surface area (Å²) < 4.78 is 26.9. The second kappa shape index (κ2) is 9.39. The summed E-state index contributed by atoms with van der Waals surface area (Å²) in [5.74, 6) is 0.679. The Morgan fingerprint density at radius 2 is 1.71 bits per heavy atom. The molecule has 0 bridgehead atoms. The van der Waals surface area contributed by atoms with Crippen LogP contribution in [0.15, 0.2) is 35.9 Å². The number of carbonyl (C=O) groups excluding carboxylic acids is 1. The molecule has 5 rings (SSSR count). The normalized spacial score (nSPS) is 19.4. The number of nitrogens with zero attached hydrogens (tertiary/aromatic N) is 4. The molecule has 1 aliphatic carbocycles. The van der Waals surface area contributed by atoms with E-state index in [1.54, 1.807) is 6.07 Å². The number of hydrogen-bond acceptors (Lipinski definition) is 5. The number of anilines is 3. The number of hydrogen-bond donors (Lipinski definition) is 1. The molecule has 0 atom stereocenters. The summed E-state index contributed by atoms with van der Waals surface area (Å²) in [6, 6.07) is 7.65. The van der Waals surface area contributed by atoms with Crippen LogP contribution in [0.1, 0.15) is 54.6 Å². The van der Waals surface area contributed by atoms with Crippen LogP contribution >= 0.6 is 22.6 Å². The monoisotopic (exact) mass is 579 g/mol. The van der Waals surface area contributed by atoms with Crippen LogP contribution in [0, 0.1) is 15.9 Å². The molecule has 1 aromatic heterocycles. The predicted molar refractivity (Wildman–Crippen MR) is 138 cm³/mol. The third-order valence-electron chi connectivity index (χ3n) is 7.33. The van der Waals surface area contributed by atoms with Crippen molar-refractivity contribution in [1.82, 2.24) is 9.97 Å². The van der Waals surface area contributed by atoms with Gasteiger partial charge in [0.2, 0.25) is 5.95 Å². The van der Waals surface area contributed by atoms with Gasteiger partial charge in [-0.1, -0.05) is 0 Å². The third kappa shape index (κ3) is 5.04. The number of rotatable bonds is 4. The van der Waals surface area contributed by atoms with Gasteiger partial charge in [-0.2, -0.15) is 13.8 Å². The molecule has 1 spiro atoms. The zero-order valence-corrected chi connectivity index (χ0v) is 21.4. The van der Waals surface area contributed by atoms with Gasteiger partial charge in [0.15, 0.2) is 0 Å². The van der Waals surface area contributed by atoms with Crippen molar-refractivity contribution >= 4 is 46.0 Å². The molecular weight excluding hydrogens is 551 g/mol. The number of halogens is 3. The standard InChI is InChI=1S/C25H28F2IN5O/c1-16-14-21(31-24(29-16)33-10-4-17(5-11-33)22(26)27)30-23(34)19-3-2-18(28)15-20(19)32-12-8-25(6-7-25)9-13-32/h2-3,14-15H,4-13H2,1H3,(H,29,30,31,34). The predicted octanol–water partition coefficient (Wildman–Crippen LogP) is 5.77. The van der Waals surface area contributed by atoms with Crippen LogP contribution in [-0.4, -0.2) is 42.1 Å². The molecule has 1 N–H and O–H groups in total. The van der Waals surface area contributed by atoms with Crippen molar-refractivity contribution in [1.29, 1.82) is 0 Å². The van der Waals surface area contributed by atoms with Crippen LogP contribution < -0.4 is 15.1 Å². The molecule has 1 aromatic carbocycles. The summed E-state index contributed by atoms with van der Waals surface area (Å²) in [6.45, 7) is 4.65. The van der Waals surface area contributed by atoms with Crippen LogP contribution in [-0.2, 0) is 0 Å². The Kier molecular flexibility index (Phi) is 6.47. The second-order valence-corrected chi connectivity index (χ2v) is 10.9. The van der Waals surface area contributed by atoms with Crippen LogP contribution in [0.4, 0.5) is 26.2 Å². The fourth-order valence-corrected chi connectivity index (χ4v) is 5.44. The number of aryl methyl sites for hydroxylation is 1. The molecule has 3 aliphatic rings. The van der Waals surface area contributed by atoms with E-state index in [9.17, 15) is 13.6 Å². The fourth-order valence-electron chi connectivity index (χ4n) is 4.96. The minimum absolute atomic E-state index is 0.203. The Hall–Kier alpha value is -2.30. The van der Waals surface area contributed by atoms with Crippen LogP contribution in [0.3, 0.4) is 0 Å². The molecule has 180 valence electrons. The first-order valence-electron chi connectivity index (χ1n) is 11.8. The van der Waals surface area contributed by atoms with Crippen molar-refractivity contribution in [2.45, 2.75) is 45.4 Å². The quantitative estimate of drug-likeness (QED) is 0.466. The largest absolute Gasteiger partial charge is 0.371 e. The highest BCUT2D eigenvalue weighted by molar-refractivity contribution is 14.1. The summed E-state index contributed by atoms with van der Waals surface area (Å²) in [6.07, 6.45) is 4.07. The van der Waals surface area contributed by atoms with Gasteiger partial charge in [-0.05, 0) is 97.2 Å². The van der Waals surface area contributed by atoms with Gasteiger partial charge in [-0.25, -0.2) is 4.98 Å². The van der Waals surface area contributed by atoms with Gasteiger partial charge in [0.1, 0.15) is 5.82 Å². The van der Waals surface area contributed by atoms with Gasteiger partial charge < -0.3 is 15.1 Å². The highest BCUT2D eigenvalue weighted by atomic mass is 127. The zero-order valence-electron chi connectivity index (χ0n) is 19.2. The van der Waals surface area contributed by atoms with Gasteiger partial charge in [-0.3, -0.25) is 4.79 Å². The molecule has 2 aliphatic heterocycles. The highest BCUT2D eigenvalue weighted by Gasteiger charge is 2.44. The minimum Gasteiger partial charge on any atom is -0.371 e. The van der Waals surface area contributed by atoms with Gasteiger partial charge in [-0.15, -0.1) is 0 Å². The Morgan fingerprint density at radius 1 is 1.00 bits per heavy atom. The van der Waals surface area contributed by atoms with E-state index in [4.69, 9.17) is 0 Å². The number of piperidine rings is 2. The average molecular weight is 579 g/mol. The molecule has 3 fully saturated rings. The lowest BCUT2D eigenvalue weighted by Crippen LogP contribution is -2.35. The van der Waals surface area contributed by atoms with Crippen molar-refractivity contribution in [2.75, 3.05) is 41.3 Å². The van der Waals surface area contributed by atoms with E-state index in [1.807, 2.05) is 24.0 Å². The van der Waals surface area contributed by atoms with Crippen molar-refractivity contribution in [3.05, 3.63) is 50.7 Å². The molecule has 0 radical (unpaired) electrons. The summed E-state index contributed by atoms with van der Waals surface area (Å²) in [5, 5.41) is 2.96. The smallest absolute Gasteiger partial charge is 0.269 e. The maximum atomic E-state index is 13.3. The molecule has 1 saturated carbocycles. The van der Waals surface area contributed by atoms with E-state index in [0.717, 1.165) is 22.3 Å². The number of aromatic nitrogens is 2. The first-order valence-corrected chi connectivity index (χ1v) is 12.9. The number of carbonyl (C=O) groups is 1. The first-order chi connectivity index (χ1) is 16.3. The summed E-state index contributed by atoms with van der Waals surface area (Å²) in [7, 11) is 0. The molecule has 2 saturated heterocycles. The lowest BCUT2D eigenvalue weighted by molar-refractivity contribution is 0.102. The van der Waals surface area contributed by atoms with Crippen LogP contribution in [0.5, 0.6) is 0 Å². The van der Waals surface area contributed by atoms with E-state index < -0.39 is 6.08 Å². The molecule has 6 nitrogen and oxygen atoms in total. The van der Waals surface area contributed by atoms with Gasteiger partial charge >= 0.3 is 0 Å². The molecule has 1 amide bonds. The lowest BCUT2D eigenvalue weighted by atomic mass is 9.93. The SMILES string of the molecule is Cc1cc(NC(=O)c2ccc(I)cc2N2CCC3(CC2)CC3)nc(N2CCC(=C(F)F)CC2)n1. The molecular formula is C25H28F2IN5O. The van der Waals surface area contributed by atoms with E-state index in [-0.39, 0.29) is 11.5 Å². The second-order valence-electron chi connectivity index (χ2n) is 9.65. The van der Waals surface area contributed by atoms with Crippen LogP contribution in [0.2, 0.25) is 0 Å². The third-order valence-corrected chi connectivity index (χ3v) is 8.00. The maximum Gasteiger partial charge on any atom is 0.269 e. The number of benzene rings is 1. The lowest BCUT2D eigenvalue weighted by Gasteiger charge is -2.35. The molecule has 34 heavy (non-hydrogen) atoms. The molecule has 0 unspecified atom stereocenters. The highest BCUT2D eigenvalue weighted by Crippen LogP contribution is 2.54. The Balaban J connectivity index is 1.33. The first kappa shape index (κ1) is 23.4. The zero-order chi connectivity index (χ0) is 23.9. The van der Waals surface area contributed by atoms with Crippen molar-refractivity contribution in [2.24, 2.45) is 5.41 Å². The number of nitrogens with one attached hydrogen (secondary N) is 1.